The van der Waals surface area contributed by atoms with Crippen molar-refractivity contribution in [3.05, 3.63) is 108 Å². The molecule has 2 aromatic heterocycles. The monoisotopic (exact) mass is 1000 g/mol. The van der Waals surface area contributed by atoms with E-state index in [0.717, 1.165) is 63.6 Å². The third-order valence-electron chi connectivity index (χ3n) is 13.6. The smallest absolute Gasteiger partial charge is 0.111 e. The maximum atomic E-state index is 6.02. The summed E-state index contributed by atoms with van der Waals surface area (Å²) < 4.78 is 0. The lowest BCUT2D eigenvalue weighted by molar-refractivity contribution is -1.09. The molecule has 6 nitrogen and oxygen atoms in total. The van der Waals surface area contributed by atoms with Crippen molar-refractivity contribution in [3.63, 3.8) is 0 Å². The maximum Gasteiger partial charge on any atom is 0.111 e. The number of pyridine rings is 2. The molecule has 2 aromatic carbocycles. The highest BCUT2D eigenvalue weighted by Gasteiger charge is 2.14. The molecule has 396 valence electrons. The molecule has 2 heterocycles. The van der Waals surface area contributed by atoms with Crippen LogP contribution in [0.25, 0.3) is 22.5 Å². The minimum Gasteiger partial charge on any atom is -1.00 e. The lowest BCUT2D eigenvalue weighted by atomic mass is 10.0. The highest BCUT2D eigenvalue weighted by Crippen LogP contribution is 2.23. The molecular formula is C62H102Cl2N4O2. The zero-order chi connectivity index (χ0) is 48.2. The van der Waals surface area contributed by atoms with Gasteiger partial charge in [0.15, 0.2) is 0 Å². The van der Waals surface area contributed by atoms with E-state index in [0.29, 0.717) is 0 Å². The SMILES string of the molecule is CCCCCCCCCCCCCCCC[NH+](CCc1ccccc1-c1ccccn1)OCC.CCCCCCCCCCCCCCCC[NH+](CCc1ccccc1-c1ccccn1)OCC.[Cl-].[Cl-]. The number of quaternary nitrogens is 2. The summed E-state index contributed by atoms with van der Waals surface area (Å²) in [6.45, 7) is 14.6. The Kier molecular flexibility index (Phi) is 43.9. The Labute approximate surface area is 443 Å². The standard InChI is InChI=1S/2C31H50N2O.2ClH/c2*1-3-5-6-7-8-9-10-11-12-13-14-15-16-21-27-33(34-4-2)28-25-29-22-17-18-23-30(29)31-24-19-20-26-32-31;;/h2*17-20,22-24,26H,3-16,21,25,27-28H2,1-2H3;2*1H. The maximum absolute atomic E-state index is 6.02. The van der Waals surface area contributed by atoms with Gasteiger partial charge in [-0.15, -0.1) is 0 Å². The summed E-state index contributed by atoms with van der Waals surface area (Å²) in [5.41, 5.74) is 7.33. The van der Waals surface area contributed by atoms with E-state index >= 15 is 0 Å². The molecule has 8 heteroatoms. The van der Waals surface area contributed by atoms with E-state index in [-0.39, 0.29) is 24.8 Å². The number of benzene rings is 2. The van der Waals surface area contributed by atoms with E-state index in [1.165, 1.54) is 212 Å². The van der Waals surface area contributed by atoms with Crippen LogP contribution in [-0.2, 0) is 22.5 Å². The highest BCUT2D eigenvalue weighted by atomic mass is 35.5. The second-order valence-corrected chi connectivity index (χ2v) is 19.4. The molecule has 0 fully saturated rings. The molecule has 0 saturated carbocycles. The summed E-state index contributed by atoms with van der Waals surface area (Å²) in [7, 11) is 0. The van der Waals surface area contributed by atoms with Crippen LogP contribution in [0.2, 0.25) is 0 Å². The zero-order valence-electron chi connectivity index (χ0n) is 45.2. The number of hydrogen-bond donors (Lipinski definition) is 2. The van der Waals surface area contributed by atoms with E-state index in [2.05, 4.69) is 110 Å². The van der Waals surface area contributed by atoms with Crippen LogP contribution < -0.4 is 34.9 Å². The number of aromatic nitrogens is 2. The molecule has 0 spiro atoms. The van der Waals surface area contributed by atoms with Gasteiger partial charge in [0.05, 0.1) is 11.4 Å². The largest absolute Gasteiger partial charge is 1.00 e. The number of nitrogens with zero attached hydrogens (tertiary/aromatic N) is 2. The first-order valence-corrected chi connectivity index (χ1v) is 28.6. The second kappa shape index (κ2) is 47.2. The van der Waals surface area contributed by atoms with Gasteiger partial charge in [-0.1, -0.05) is 229 Å². The van der Waals surface area contributed by atoms with E-state index in [9.17, 15) is 0 Å². The van der Waals surface area contributed by atoms with Crippen LogP contribution >= 0.6 is 0 Å². The molecule has 4 aromatic rings. The molecule has 2 atom stereocenters. The second-order valence-electron chi connectivity index (χ2n) is 19.4. The van der Waals surface area contributed by atoms with Gasteiger partial charge in [0, 0.05) is 36.4 Å². The van der Waals surface area contributed by atoms with Crippen molar-refractivity contribution in [1.82, 2.24) is 9.97 Å². The molecule has 2 unspecified atom stereocenters. The van der Waals surface area contributed by atoms with Crippen LogP contribution in [-0.4, -0.2) is 49.4 Å². The lowest BCUT2D eigenvalue weighted by Gasteiger charge is -2.18. The van der Waals surface area contributed by atoms with Crippen molar-refractivity contribution in [2.75, 3.05) is 39.4 Å². The third kappa shape index (κ3) is 32.3. The minimum absolute atomic E-state index is 0. The summed E-state index contributed by atoms with van der Waals surface area (Å²) in [5, 5.41) is 2.55. The topological polar surface area (TPSA) is 53.1 Å². The van der Waals surface area contributed by atoms with Gasteiger partial charge in [0.1, 0.15) is 39.4 Å². The third-order valence-corrected chi connectivity index (χ3v) is 13.6. The van der Waals surface area contributed by atoms with Gasteiger partial charge >= 0.3 is 0 Å². The molecular weight excluding hydrogens is 904 g/mol. The number of rotatable bonds is 42. The van der Waals surface area contributed by atoms with Crippen LogP contribution in [0.3, 0.4) is 0 Å². The summed E-state index contributed by atoms with van der Waals surface area (Å²) >= 11 is 0. The summed E-state index contributed by atoms with van der Waals surface area (Å²) in [6, 6.07) is 29.6. The van der Waals surface area contributed by atoms with Crippen LogP contribution in [0.5, 0.6) is 0 Å². The van der Waals surface area contributed by atoms with E-state index in [1.807, 2.05) is 24.5 Å². The van der Waals surface area contributed by atoms with Crippen molar-refractivity contribution >= 4 is 0 Å². The van der Waals surface area contributed by atoms with Crippen LogP contribution in [0.15, 0.2) is 97.3 Å². The number of hydrogen-bond acceptors (Lipinski definition) is 4. The molecule has 0 amide bonds. The molecule has 0 bridgehead atoms. The first kappa shape index (κ1) is 65.2. The Morgan fingerprint density at radius 3 is 0.900 bits per heavy atom. The number of unbranched alkanes of at least 4 members (excludes halogenated alkanes) is 26. The predicted molar refractivity (Wildman–Crippen MR) is 292 cm³/mol. The summed E-state index contributed by atoms with van der Waals surface area (Å²) in [6.07, 6.45) is 45.1. The fourth-order valence-corrected chi connectivity index (χ4v) is 9.55. The van der Waals surface area contributed by atoms with Crippen LogP contribution in [0.1, 0.15) is 219 Å². The van der Waals surface area contributed by atoms with Gasteiger partial charge in [-0.25, -0.2) is 9.68 Å². The van der Waals surface area contributed by atoms with Crippen LogP contribution in [0, 0.1) is 0 Å². The first-order chi connectivity index (χ1) is 33.7. The Morgan fingerprint density at radius 1 is 0.329 bits per heavy atom. The van der Waals surface area contributed by atoms with Gasteiger partial charge in [-0.2, -0.15) is 10.1 Å². The Hall–Kier alpha value is -2.84. The predicted octanol–water partition coefficient (Wildman–Crippen LogP) is 9.23. The van der Waals surface area contributed by atoms with Gasteiger partial charge in [-0.05, 0) is 74.9 Å². The van der Waals surface area contributed by atoms with Gasteiger partial charge in [0.25, 0.3) is 0 Å². The van der Waals surface area contributed by atoms with Gasteiger partial charge in [0.2, 0.25) is 0 Å². The Bertz CT molecular complexity index is 1570. The first-order valence-electron chi connectivity index (χ1n) is 28.6. The van der Waals surface area contributed by atoms with E-state index in [4.69, 9.17) is 9.68 Å². The fraction of sp³-hybridized carbons (Fsp3) is 0.645. The molecule has 0 aliphatic rings. The molecule has 0 saturated heterocycles. The van der Waals surface area contributed by atoms with Crippen LogP contribution in [0.4, 0.5) is 0 Å². The summed E-state index contributed by atoms with van der Waals surface area (Å²) in [5.74, 6) is 0. The Morgan fingerprint density at radius 2 is 0.614 bits per heavy atom. The number of hydroxylamine groups is 4. The molecule has 0 radical (unpaired) electrons. The Balaban J connectivity index is 0.000000681. The molecule has 70 heavy (non-hydrogen) atoms. The molecule has 0 aliphatic heterocycles. The van der Waals surface area contributed by atoms with Gasteiger partial charge in [-0.3, -0.25) is 9.97 Å². The molecule has 2 N–H and O–H groups in total. The number of nitrogens with one attached hydrogen (secondary N) is 2. The average Bonchev–Trinajstić information content (AvgIpc) is 3.38. The quantitative estimate of drug-likeness (QED) is 0.0344. The van der Waals surface area contributed by atoms with Crippen molar-refractivity contribution in [1.29, 1.82) is 0 Å². The fourth-order valence-electron chi connectivity index (χ4n) is 9.55. The van der Waals surface area contributed by atoms with Crippen molar-refractivity contribution < 1.29 is 44.6 Å². The van der Waals surface area contributed by atoms with Crippen molar-refractivity contribution in [3.8, 4) is 22.5 Å². The zero-order valence-corrected chi connectivity index (χ0v) is 46.7. The highest BCUT2D eigenvalue weighted by molar-refractivity contribution is 5.64. The minimum atomic E-state index is 0. The average molecular weight is 1010 g/mol. The van der Waals surface area contributed by atoms with E-state index < -0.39 is 0 Å². The number of halogens is 2. The van der Waals surface area contributed by atoms with Crippen molar-refractivity contribution in [2.45, 2.75) is 220 Å². The summed E-state index contributed by atoms with van der Waals surface area (Å²) in [4.78, 5) is 21.2. The van der Waals surface area contributed by atoms with Crippen molar-refractivity contribution in [2.24, 2.45) is 0 Å². The van der Waals surface area contributed by atoms with Gasteiger partial charge < -0.3 is 24.8 Å². The lowest BCUT2D eigenvalue weighted by Crippen LogP contribution is -3.11. The van der Waals surface area contributed by atoms with E-state index in [1.54, 1.807) is 0 Å². The molecule has 0 aliphatic carbocycles. The molecule has 4 rings (SSSR count). The normalized spacial score (nSPS) is 11.8.